The van der Waals surface area contributed by atoms with E-state index in [4.69, 9.17) is 5.73 Å². The third kappa shape index (κ3) is 4.87. The van der Waals surface area contributed by atoms with Gasteiger partial charge in [0.2, 0.25) is 0 Å². The van der Waals surface area contributed by atoms with Crippen molar-refractivity contribution in [2.24, 2.45) is 5.73 Å². The lowest BCUT2D eigenvalue weighted by atomic mass is 10.2. The van der Waals surface area contributed by atoms with Crippen LogP contribution in [0.3, 0.4) is 0 Å². The molecule has 1 aromatic rings. The Morgan fingerprint density at radius 3 is 3.00 bits per heavy atom. The van der Waals surface area contributed by atoms with Gasteiger partial charge in [0.25, 0.3) is 0 Å². The molecule has 0 spiro atoms. The molecule has 1 amide bonds. The highest BCUT2D eigenvalue weighted by molar-refractivity contribution is 5.64. The number of phenolic OH excluding ortho intramolecular Hbond substituents is 1. The second kappa shape index (κ2) is 5.87. The zero-order valence-corrected chi connectivity index (χ0v) is 8.27. The highest BCUT2D eigenvalue weighted by Gasteiger charge is 1.95. The first kappa shape index (κ1) is 11.3. The Morgan fingerprint density at radius 1 is 1.53 bits per heavy atom. The monoisotopic (exact) mass is 210 g/mol. The predicted molar refractivity (Wildman–Crippen MR) is 55.3 cm³/mol. The summed E-state index contributed by atoms with van der Waals surface area (Å²) in [5.41, 5.74) is 5.75. The number of carbonyl (C=O) groups excluding carboxylic acids is 1. The summed E-state index contributed by atoms with van der Waals surface area (Å²) >= 11 is 0. The molecular formula is C10H14N2O3. The number of ether oxygens (including phenoxy) is 1. The van der Waals surface area contributed by atoms with Crippen molar-refractivity contribution in [2.75, 3.05) is 13.2 Å². The summed E-state index contributed by atoms with van der Waals surface area (Å²) in [5, 5.41) is 12.2. The summed E-state index contributed by atoms with van der Waals surface area (Å²) in [6.07, 6.45) is -0.769. The Morgan fingerprint density at radius 2 is 2.33 bits per heavy atom. The van der Waals surface area contributed by atoms with E-state index < -0.39 is 6.09 Å². The van der Waals surface area contributed by atoms with Gasteiger partial charge in [-0.05, 0) is 17.7 Å². The number of benzene rings is 1. The van der Waals surface area contributed by atoms with Gasteiger partial charge in [0.1, 0.15) is 12.4 Å². The number of primary amides is 1. The first-order valence-corrected chi connectivity index (χ1v) is 4.59. The second-order valence-electron chi connectivity index (χ2n) is 3.01. The van der Waals surface area contributed by atoms with Crippen LogP contribution in [0.15, 0.2) is 24.3 Å². The van der Waals surface area contributed by atoms with Crippen LogP contribution in [-0.2, 0) is 11.3 Å². The Bertz CT molecular complexity index is 328. The van der Waals surface area contributed by atoms with Gasteiger partial charge in [0, 0.05) is 13.1 Å². The summed E-state index contributed by atoms with van der Waals surface area (Å²) in [6.45, 7) is 1.38. The molecule has 0 saturated heterocycles. The van der Waals surface area contributed by atoms with E-state index in [1.165, 1.54) is 0 Å². The Balaban J connectivity index is 2.17. The molecule has 4 N–H and O–H groups in total. The molecule has 0 aliphatic heterocycles. The van der Waals surface area contributed by atoms with Crippen molar-refractivity contribution < 1.29 is 14.6 Å². The van der Waals surface area contributed by atoms with E-state index in [-0.39, 0.29) is 12.4 Å². The van der Waals surface area contributed by atoms with Gasteiger partial charge in [-0.2, -0.15) is 0 Å². The molecule has 5 heteroatoms. The van der Waals surface area contributed by atoms with Crippen LogP contribution in [0, 0.1) is 0 Å². The Kier molecular flexibility index (Phi) is 4.43. The normalized spacial score (nSPS) is 9.87. The molecule has 0 saturated carbocycles. The van der Waals surface area contributed by atoms with Gasteiger partial charge in [-0.15, -0.1) is 0 Å². The Labute approximate surface area is 87.9 Å². The van der Waals surface area contributed by atoms with Gasteiger partial charge in [0.15, 0.2) is 0 Å². The Hall–Kier alpha value is -1.75. The molecule has 0 aliphatic carbocycles. The van der Waals surface area contributed by atoms with E-state index in [0.29, 0.717) is 13.1 Å². The van der Waals surface area contributed by atoms with Gasteiger partial charge in [-0.25, -0.2) is 4.79 Å². The van der Waals surface area contributed by atoms with Crippen molar-refractivity contribution in [3.05, 3.63) is 29.8 Å². The lowest BCUT2D eigenvalue weighted by Crippen LogP contribution is -2.23. The fourth-order valence-corrected chi connectivity index (χ4v) is 1.12. The number of amides is 1. The van der Waals surface area contributed by atoms with Crippen LogP contribution in [0.1, 0.15) is 5.56 Å². The summed E-state index contributed by atoms with van der Waals surface area (Å²) in [7, 11) is 0. The quantitative estimate of drug-likeness (QED) is 0.620. The van der Waals surface area contributed by atoms with E-state index in [2.05, 4.69) is 10.1 Å². The zero-order chi connectivity index (χ0) is 11.1. The lowest BCUT2D eigenvalue weighted by Gasteiger charge is -2.05. The van der Waals surface area contributed by atoms with Gasteiger partial charge in [-0.3, -0.25) is 0 Å². The fraction of sp³-hybridized carbons (Fsp3) is 0.300. The number of nitrogens with one attached hydrogen (secondary N) is 1. The number of hydrogen-bond acceptors (Lipinski definition) is 4. The average Bonchev–Trinajstić information content (AvgIpc) is 2.17. The summed E-state index contributed by atoms with van der Waals surface area (Å²) in [6, 6.07) is 6.94. The number of phenols is 1. The molecule has 0 fully saturated rings. The van der Waals surface area contributed by atoms with Crippen molar-refractivity contribution in [2.45, 2.75) is 6.54 Å². The molecule has 0 unspecified atom stereocenters. The zero-order valence-electron chi connectivity index (χ0n) is 8.27. The molecule has 15 heavy (non-hydrogen) atoms. The average molecular weight is 210 g/mol. The van der Waals surface area contributed by atoms with E-state index in [1.807, 2.05) is 6.07 Å². The van der Waals surface area contributed by atoms with E-state index >= 15 is 0 Å². The van der Waals surface area contributed by atoms with Gasteiger partial charge < -0.3 is 20.9 Å². The summed E-state index contributed by atoms with van der Waals surface area (Å²) < 4.78 is 4.53. The molecule has 0 atom stereocenters. The van der Waals surface area contributed by atoms with Crippen LogP contribution in [0.4, 0.5) is 4.79 Å². The standard InChI is InChI=1S/C10H14N2O3/c11-10(14)15-5-4-12-7-8-2-1-3-9(13)6-8/h1-3,6,12-13H,4-5,7H2,(H2,11,14). The highest BCUT2D eigenvalue weighted by atomic mass is 16.5. The SMILES string of the molecule is NC(=O)OCCNCc1cccc(O)c1. The topological polar surface area (TPSA) is 84.6 Å². The smallest absolute Gasteiger partial charge is 0.404 e. The third-order valence-electron chi connectivity index (χ3n) is 1.76. The van der Waals surface area contributed by atoms with Gasteiger partial charge >= 0.3 is 6.09 Å². The summed E-state index contributed by atoms with van der Waals surface area (Å²) in [4.78, 5) is 10.2. The first-order chi connectivity index (χ1) is 7.18. The van der Waals surface area contributed by atoms with Gasteiger partial charge in [-0.1, -0.05) is 12.1 Å². The highest BCUT2D eigenvalue weighted by Crippen LogP contribution is 2.10. The molecule has 0 heterocycles. The van der Waals surface area contributed by atoms with Crippen LogP contribution >= 0.6 is 0 Å². The van der Waals surface area contributed by atoms with Crippen LogP contribution in [-0.4, -0.2) is 24.4 Å². The molecule has 1 aromatic carbocycles. The minimum absolute atomic E-state index is 0.239. The van der Waals surface area contributed by atoms with Gasteiger partial charge in [0.05, 0.1) is 0 Å². The molecule has 1 rings (SSSR count). The maximum absolute atomic E-state index is 10.2. The largest absolute Gasteiger partial charge is 0.508 e. The van der Waals surface area contributed by atoms with E-state index in [9.17, 15) is 9.90 Å². The molecule has 0 bridgehead atoms. The predicted octanol–water partition coefficient (Wildman–Crippen LogP) is 0.577. The number of nitrogens with two attached hydrogens (primary N) is 1. The van der Waals surface area contributed by atoms with Crippen molar-refractivity contribution in [1.82, 2.24) is 5.32 Å². The number of rotatable bonds is 5. The van der Waals surface area contributed by atoms with Crippen molar-refractivity contribution in [3.63, 3.8) is 0 Å². The van der Waals surface area contributed by atoms with Crippen molar-refractivity contribution in [1.29, 1.82) is 0 Å². The number of aromatic hydroxyl groups is 1. The second-order valence-corrected chi connectivity index (χ2v) is 3.01. The van der Waals surface area contributed by atoms with Crippen molar-refractivity contribution >= 4 is 6.09 Å². The molecule has 0 radical (unpaired) electrons. The van der Waals surface area contributed by atoms with Crippen LogP contribution in [0.5, 0.6) is 5.75 Å². The van der Waals surface area contributed by atoms with Crippen LogP contribution in [0.25, 0.3) is 0 Å². The van der Waals surface area contributed by atoms with E-state index in [0.717, 1.165) is 5.56 Å². The van der Waals surface area contributed by atoms with Crippen LogP contribution < -0.4 is 11.1 Å². The molecule has 0 aromatic heterocycles. The molecule has 0 aliphatic rings. The van der Waals surface area contributed by atoms with E-state index in [1.54, 1.807) is 18.2 Å². The number of carbonyl (C=O) groups is 1. The molecule has 5 nitrogen and oxygen atoms in total. The lowest BCUT2D eigenvalue weighted by molar-refractivity contribution is 0.157. The minimum Gasteiger partial charge on any atom is -0.508 e. The first-order valence-electron chi connectivity index (χ1n) is 4.59. The van der Waals surface area contributed by atoms with Crippen molar-refractivity contribution in [3.8, 4) is 5.75 Å². The summed E-state index contributed by atoms with van der Waals surface area (Å²) in [5.74, 6) is 0.239. The maximum Gasteiger partial charge on any atom is 0.404 e. The maximum atomic E-state index is 10.2. The fourth-order valence-electron chi connectivity index (χ4n) is 1.12. The molecular weight excluding hydrogens is 196 g/mol. The third-order valence-corrected chi connectivity index (χ3v) is 1.76. The molecule has 82 valence electrons. The number of hydrogen-bond donors (Lipinski definition) is 3. The minimum atomic E-state index is -0.769. The van der Waals surface area contributed by atoms with Crippen LogP contribution in [0.2, 0.25) is 0 Å².